The third kappa shape index (κ3) is 3.37. The van der Waals surface area contributed by atoms with Gasteiger partial charge in [-0.2, -0.15) is 10.2 Å². The van der Waals surface area contributed by atoms with Crippen molar-refractivity contribution in [3.8, 4) is 17.0 Å². The summed E-state index contributed by atoms with van der Waals surface area (Å²) in [7, 11) is 0. The van der Waals surface area contributed by atoms with Crippen LogP contribution in [0.3, 0.4) is 0 Å². The van der Waals surface area contributed by atoms with Crippen molar-refractivity contribution in [1.82, 2.24) is 20.5 Å². The van der Waals surface area contributed by atoms with Gasteiger partial charge in [-0.1, -0.05) is 12.1 Å². The van der Waals surface area contributed by atoms with E-state index in [4.69, 9.17) is 9.72 Å². The van der Waals surface area contributed by atoms with Gasteiger partial charge in [-0.3, -0.25) is 14.5 Å². The minimum Gasteiger partial charge on any atom is -0.477 e. The number of amides is 2. The van der Waals surface area contributed by atoms with Crippen LogP contribution in [-0.2, 0) is 17.8 Å². The maximum absolute atomic E-state index is 13.1. The molecule has 0 unspecified atom stereocenters. The molecular weight excluding hydrogens is 406 g/mol. The molecule has 3 aromatic rings. The highest BCUT2D eigenvalue weighted by atomic mass is 16.5. The number of rotatable bonds is 3. The molecule has 1 N–H and O–H groups in total. The standard InChI is InChI=1S/C24H23N5O3/c1-13-11-26-28-14(2)19(13)12-29-22-21(32-15(3)24(29)31)7-6-20(27-22)17-5-4-16-8-9-25-23(30)18(16)10-17/h4-7,10-11,15H,8-9,12H2,1-3H3,(H,25,30)/t15-/m1/s1. The fourth-order valence-electron chi connectivity index (χ4n) is 4.19. The number of hydrogen-bond acceptors (Lipinski definition) is 6. The molecule has 162 valence electrons. The lowest BCUT2D eigenvalue weighted by atomic mass is 9.96. The second-order valence-electron chi connectivity index (χ2n) is 8.17. The molecule has 32 heavy (non-hydrogen) atoms. The van der Waals surface area contributed by atoms with Crippen LogP contribution in [0.25, 0.3) is 11.3 Å². The van der Waals surface area contributed by atoms with Crippen molar-refractivity contribution in [2.45, 2.75) is 39.8 Å². The summed E-state index contributed by atoms with van der Waals surface area (Å²) in [6, 6.07) is 9.48. The molecule has 1 aromatic carbocycles. The van der Waals surface area contributed by atoms with Crippen LogP contribution < -0.4 is 15.0 Å². The number of carbonyl (C=O) groups is 2. The van der Waals surface area contributed by atoms with Crippen LogP contribution in [0.1, 0.15) is 39.7 Å². The van der Waals surface area contributed by atoms with Gasteiger partial charge in [0.2, 0.25) is 0 Å². The summed E-state index contributed by atoms with van der Waals surface area (Å²) in [6.45, 7) is 6.55. The average Bonchev–Trinajstić information content (AvgIpc) is 2.78. The molecule has 0 bridgehead atoms. The zero-order chi connectivity index (χ0) is 22.4. The fourth-order valence-corrected chi connectivity index (χ4v) is 4.19. The molecule has 4 heterocycles. The van der Waals surface area contributed by atoms with E-state index in [-0.39, 0.29) is 11.8 Å². The van der Waals surface area contributed by atoms with Crippen molar-refractivity contribution in [2.75, 3.05) is 11.4 Å². The van der Waals surface area contributed by atoms with E-state index < -0.39 is 6.10 Å². The Labute approximate surface area is 185 Å². The molecule has 2 amide bonds. The molecule has 5 rings (SSSR count). The molecule has 0 saturated heterocycles. The van der Waals surface area contributed by atoms with Gasteiger partial charge in [0.05, 0.1) is 24.1 Å². The Morgan fingerprint density at radius 3 is 2.84 bits per heavy atom. The van der Waals surface area contributed by atoms with Crippen molar-refractivity contribution >= 4 is 17.6 Å². The molecule has 0 spiro atoms. The van der Waals surface area contributed by atoms with Crippen LogP contribution in [-0.4, -0.2) is 39.6 Å². The number of pyridine rings is 1. The fraction of sp³-hybridized carbons (Fsp3) is 0.292. The van der Waals surface area contributed by atoms with Crippen LogP contribution in [0.4, 0.5) is 5.82 Å². The first-order valence-corrected chi connectivity index (χ1v) is 10.6. The normalized spacial score (nSPS) is 17.3. The van der Waals surface area contributed by atoms with Gasteiger partial charge in [-0.05, 0) is 62.1 Å². The molecule has 1 atom stereocenters. The van der Waals surface area contributed by atoms with E-state index in [2.05, 4.69) is 15.5 Å². The summed E-state index contributed by atoms with van der Waals surface area (Å²) >= 11 is 0. The minimum absolute atomic E-state index is 0.0730. The molecule has 8 nitrogen and oxygen atoms in total. The van der Waals surface area contributed by atoms with Crippen LogP contribution in [0, 0.1) is 13.8 Å². The number of hydrogen-bond donors (Lipinski definition) is 1. The highest BCUT2D eigenvalue weighted by molar-refractivity contribution is 5.99. The van der Waals surface area contributed by atoms with E-state index in [9.17, 15) is 9.59 Å². The zero-order valence-corrected chi connectivity index (χ0v) is 18.2. The zero-order valence-electron chi connectivity index (χ0n) is 18.2. The monoisotopic (exact) mass is 429 g/mol. The van der Waals surface area contributed by atoms with Gasteiger partial charge >= 0.3 is 0 Å². The predicted molar refractivity (Wildman–Crippen MR) is 118 cm³/mol. The molecule has 0 fully saturated rings. The Morgan fingerprint density at radius 1 is 1.19 bits per heavy atom. The second-order valence-corrected chi connectivity index (χ2v) is 8.17. The van der Waals surface area contributed by atoms with E-state index in [1.807, 2.05) is 44.2 Å². The summed E-state index contributed by atoms with van der Waals surface area (Å²) in [6.07, 6.45) is 1.89. The quantitative estimate of drug-likeness (QED) is 0.688. The first-order valence-electron chi connectivity index (χ1n) is 10.6. The highest BCUT2D eigenvalue weighted by Gasteiger charge is 2.34. The van der Waals surface area contributed by atoms with E-state index in [1.54, 1.807) is 18.0 Å². The average molecular weight is 429 g/mol. The Bertz CT molecular complexity index is 1240. The summed E-state index contributed by atoms with van der Waals surface area (Å²) in [5.74, 6) is 0.774. The number of anilines is 1. The van der Waals surface area contributed by atoms with Crippen LogP contribution >= 0.6 is 0 Å². The second kappa shape index (κ2) is 7.71. The first-order chi connectivity index (χ1) is 15.4. The van der Waals surface area contributed by atoms with Gasteiger partial charge in [0, 0.05) is 17.7 Å². The summed E-state index contributed by atoms with van der Waals surface area (Å²) in [4.78, 5) is 31.8. The molecule has 0 radical (unpaired) electrons. The maximum Gasteiger partial charge on any atom is 0.269 e. The van der Waals surface area contributed by atoms with Crippen LogP contribution in [0.5, 0.6) is 5.75 Å². The molecule has 0 saturated carbocycles. The van der Waals surface area contributed by atoms with Gasteiger partial charge in [0.1, 0.15) is 0 Å². The molecule has 2 aliphatic heterocycles. The Kier molecular flexibility index (Phi) is 4.84. The van der Waals surface area contributed by atoms with Gasteiger partial charge in [0.25, 0.3) is 11.8 Å². The van der Waals surface area contributed by atoms with Gasteiger partial charge in [-0.15, -0.1) is 0 Å². The Morgan fingerprint density at radius 2 is 2.03 bits per heavy atom. The molecule has 2 aromatic heterocycles. The smallest absolute Gasteiger partial charge is 0.269 e. The van der Waals surface area contributed by atoms with Crippen molar-refractivity contribution in [2.24, 2.45) is 0 Å². The molecular formula is C24H23N5O3. The van der Waals surface area contributed by atoms with Gasteiger partial charge < -0.3 is 10.1 Å². The largest absolute Gasteiger partial charge is 0.477 e. The number of nitrogens with one attached hydrogen (secondary N) is 1. The number of carbonyl (C=O) groups excluding carboxylic acids is 2. The highest BCUT2D eigenvalue weighted by Crippen LogP contribution is 2.36. The number of nitrogens with zero attached hydrogens (tertiary/aromatic N) is 4. The van der Waals surface area contributed by atoms with Crippen LogP contribution in [0.15, 0.2) is 36.5 Å². The van der Waals surface area contributed by atoms with Crippen molar-refractivity contribution in [1.29, 1.82) is 0 Å². The number of aryl methyl sites for hydroxylation is 2. The van der Waals surface area contributed by atoms with E-state index in [0.29, 0.717) is 35.9 Å². The first kappa shape index (κ1) is 20.1. The predicted octanol–water partition coefficient (Wildman–Crippen LogP) is 2.76. The topological polar surface area (TPSA) is 97.3 Å². The number of ether oxygens (including phenoxy) is 1. The summed E-state index contributed by atoms with van der Waals surface area (Å²) < 4.78 is 5.83. The molecule has 2 aliphatic rings. The van der Waals surface area contributed by atoms with Crippen molar-refractivity contribution in [3.05, 3.63) is 64.5 Å². The number of fused-ring (bicyclic) bond motifs is 2. The van der Waals surface area contributed by atoms with Crippen molar-refractivity contribution < 1.29 is 14.3 Å². The van der Waals surface area contributed by atoms with E-state index >= 15 is 0 Å². The lowest BCUT2D eigenvalue weighted by molar-refractivity contribution is -0.125. The number of benzene rings is 1. The van der Waals surface area contributed by atoms with E-state index in [0.717, 1.165) is 34.4 Å². The number of aromatic nitrogens is 3. The maximum atomic E-state index is 13.1. The summed E-state index contributed by atoms with van der Waals surface area (Å²) in [5, 5.41) is 11.0. The van der Waals surface area contributed by atoms with Crippen LogP contribution in [0.2, 0.25) is 0 Å². The van der Waals surface area contributed by atoms with Gasteiger partial charge in [0.15, 0.2) is 17.7 Å². The Hall–Kier alpha value is -3.81. The molecule has 8 heteroatoms. The van der Waals surface area contributed by atoms with E-state index in [1.165, 1.54) is 0 Å². The lowest BCUT2D eigenvalue weighted by Crippen LogP contribution is -2.44. The summed E-state index contributed by atoms with van der Waals surface area (Å²) in [5.41, 5.74) is 5.85. The minimum atomic E-state index is -0.613. The van der Waals surface area contributed by atoms with Crippen molar-refractivity contribution in [3.63, 3.8) is 0 Å². The SMILES string of the molecule is Cc1cnnc(C)c1CN1C(=O)[C@@H](C)Oc2ccc(-c3ccc4c(c3)C(=O)NCC4)nc21. The third-order valence-electron chi connectivity index (χ3n) is 6.03. The van der Waals surface area contributed by atoms with Gasteiger partial charge in [-0.25, -0.2) is 4.98 Å². The lowest BCUT2D eigenvalue weighted by Gasteiger charge is -2.32. The molecule has 0 aliphatic carbocycles. The third-order valence-corrected chi connectivity index (χ3v) is 6.03. The Balaban J connectivity index is 1.57.